The van der Waals surface area contributed by atoms with Gasteiger partial charge < -0.3 is 4.90 Å². The zero-order valence-electron chi connectivity index (χ0n) is 40.9. The summed E-state index contributed by atoms with van der Waals surface area (Å²) in [5.74, 6) is 0. The number of aryl methyl sites for hydroxylation is 1. The Labute approximate surface area is 399 Å². The molecule has 0 radical (unpaired) electrons. The Morgan fingerprint density at radius 2 is 0.821 bits per heavy atom. The zero-order valence-corrected chi connectivity index (χ0v) is 40.9. The lowest BCUT2D eigenvalue weighted by Crippen LogP contribution is -2.36. The van der Waals surface area contributed by atoms with E-state index in [1.54, 1.807) is 0 Å². The minimum absolute atomic E-state index is 0.0384. The van der Waals surface area contributed by atoms with Gasteiger partial charge in [0, 0.05) is 11.3 Å². The summed E-state index contributed by atoms with van der Waals surface area (Å²) >= 11 is 0. The first-order valence-electron chi connectivity index (χ1n) is 24.9. The molecule has 0 fully saturated rings. The average Bonchev–Trinajstić information content (AvgIpc) is 3.79. The van der Waals surface area contributed by atoms with Gasteiger partial charge in [0.1, 0.15) is 0 Å². The van der Waals surface area contributed by atoms with E-state index in [-0.39, 0.29) is 21.7 Å². The molecule has 332 valence electrons. The second-order valence-electron chi connectivity index (χ2n) is 23.0. The lowest BCUT2D eigenvalue weighted by Gasteiger charge is -2.45. The molecule has 0 N–H and O–H groups in total. The van der Waals surface area contributed by atoms with E-state index >= 15 is 0 Å². The molecular formula is C66H63N. The number of fused-ring (bicyclic) bond motifs is 12. The fourth-order valence-electron chi connectivity index (χ4n) is 13.2. The van der Waals surface area contributed by atoms with Crippen LogP contribution in [0.15, 0.2) is 170 Å². The molecule has 0 saturated carbocycles. The van der Waals surface area contributed by atoms with E-state index < -0.39 is 5.41 Å². The molecule has 0 atom stereocenters. The van der Waals surface area contributed by atoms with Crippen LogP contribution in [-0.4, -0.2) is 0 Å². The number of hydrogen-bond acceptors (Lipinski definition) is 1. The maximum atomic E-state index is 2.71. The molecule has 0 bridgehead atoms. The third-order valence-electron chi connectivity index (χ3n) is 17.1. The van der Waals surface area contributed by atoms with Crippen molar-refractivity contribution < 1.29 is 0 Å². The molecule has 1 nitrogen and oxygen atoms in total. The predicted octanol–water partition coefficient (Wildman–Crippen LogP) is 17.8. The van der Waals surface area contributed by atoms with Gasteiger partial charge in [-0.1, -0.05) is 201 Å². The first kappa shape index (κ1) is 42.0. The van der Waals surface area contributed by atoms with Crippen LogP contribution in [0.25, 0.3) is 44.5 Å². The summed E-state index contributed by atoms with van der Waals surface area (Å²) < 4.78 is 0. The molecule has 1 heteroatoms. The zero-order chi connectivity index (χ0) is 46.3. The van der Waals surface area contributed by atoms with Crippen molar-refractivity contribution in [1.29, 1.82) is 0 Å². The molecule has 0 aliphatic heterocycles. The Bertz CT molecular complexity index is 3260. The summed E-state index contributed by atoms with van der Waals surface area (Å²) in [5.41, 5.74) is 26.4. The van der Waals surface area contributed by atoms with E-state index in [1.165, 1.54) is 124 Å². The van der Waals surface area contributed by atoms with E-state index in [0.717, 1.165) is 12.8 Å². The van der Waals surface area contributed by atoms with Gasteiger partial charge in [-0.15, -0.1) is 0 Å². The third-order valence-corrected chi connectivity index (χ3v) is 17.1. The fraction of sp³-hybridized carbons (Fsp3) is 0.273. The van der Waals surface area contributed by atoms with Crippen molar-refractivity contribution >= 4 is 17.1 Å². The van der Waals surface area contributed by atoms with Crippen molar-refractivity contribution in [1.82, 2.24) is 0 Å². The summed E-state index contributed by atoms with van der Waals surface area (Å²) in [6, 6.07) is 65.7. The first-order chi connectivity index (χ1) is 32.1. The van der Waals surface area contributed by atoms with Gasteiger partial charge in [-0.05, 0) is 168 Å². The second-order valence-corrected chi connectivity index (χ2v) is 23.0. The minimum atomic E-state index is -0.483. The molecule has 67 heavy (non-hydrogen) atoms. The van der Waals surface area contributed by atoms with Crippen molar-refractivity contribution in [2.45, 2.75) is 115 Å². The number of benzene rings is 8. The van der Waals surface area contributed by atoms with Gasteiger partial charge in [-0.25, -0.2) is 0 Å². The number of rotatable bonds is 5. The smallest absolute Gasteiger partial charge is 0.0726 e. The number of nitrogens with zero attached hydrogens (tertiary/aromatic N) is 1. The van der Waals surface area contributed by atoms with Gasteiger partial charge in [0.15, 0.2) is 0 Å². The highest BCUT2D eigenvalue weighted by Gasteiger charge is 2.52. The Morgan fingerprint density at radius 1 is 0.343 bits per heavy atom. The monoisotopic (exact) mass is 869 g/mol. The quantitative estimate of drug-likeness (QED) is 0.167. The van der Waals surface area contributed by atoms with Gasteiger partial charge >= 0.3 is 0 Å². The normalized spacial score (nSPS) is 18.0. The van der Waals surface area contributed by atoms with Crippen LogP contribution < -0.4 is 4.90 Å². The molecule has 1 spiro atoms. The van der Waals surface area contributed by atoms with Crippen molar-refractivity contribution in [2.24, 2.45) is 0 Å². The van der Waals surface area contributed by atoms with Crippen molar-refractivity contribution in [3.05, 3.63) is 220 Å². The van der Waals surface area contributed by atoms with Crippen LogP contribution in [0.4, 0.5) is 17.1 Å². The van der Waals surface area contributed by atoms with Crippen LogP contribution >= 0.6 is 0 Å². The highest BCUT2D eigenvalue weighted by atomic mass is 15.2. The van der Waals surface area contributed by atoms with Crippen molar-refractivity contribution in [3.63, 3.8) is 0 Å². The maximum Gasteiger partial charge on any atom is 0.0726 e. The standard InChI is InChI=1S/C66H63N/c1-42-27-33-56-60(65(8,9)38-37-63(56,4)5)61(42)67(46-31-28-44(29-32-46)43-19-11-10-12-20-43)59-41-57-51(40-50(59)45-30-34-55-58(39-45)64(6,7)36-35-62(55,2)3)49-23-15-18-26-54(49)66(57)52-24-16-13-21-47(52)48-22-14-17-25-53(48)66/h10-34,39-41H,35-38H2,1-9H3. The molecule has 0 unspecified atom stereocenters. The Morgan fingerprint density at radius 3 is 1.43 bits per heavy atom. The van der Waals surface area contributed by atoms with E-state index in [2.05, 4.69) is 237 Å². The largest absolute Gasteiger partial charge is 0.309 e. The number of anilines is 3. The molecule has 8 aromatic carbocycles. The van der Waals surface area contributed by atoms with Crippen molar-refractivity contribution in [3.8, 4) is 44.5 Å². The maximum absolute atomic E-state index is 2.71. The Kier molecular flexibility index (Phi) is 9.10. The molecule has 0 heterocycles. The molecule has 0 amide bonds. The van der Waals surface area contributed by atoms with E-state index in [4.69, 9.17) is 0 Å². The lowest BCUT2D eigenvalue weighted by molar-refractivity contribution is 0.332. The average molecular weight is 870 g/mol. The summed E-state index contributed by atoms with van der Waals surface area (Å²) in [7, 11) is 0. The highest BCUT2D eigenvalue weighted by molar-refractivity contribution is 6.01. The highest BCUT2D eigenvalue weighted by Crippen LogP contribution is 2.65. The molecule has 8 aromatic rings. The minimum Gasteiger partial charge on any atom is -0.309 e. The van der Waals surface area contributed by atoms with Gasteiger partial charge in [0.25, 0.3) is 0 Å². The third kappa shape index (κ3) is 6.05. The summed E-state index contributed by atoms with van der Waals surface area (Å²) in [5, 5.41) is 0. The summed E-state index contributed by atoms with van der Waals surface area (Å²) in [6.07, 6.45) is 4.65. The fourth-order valence-corrected chi connectivity index (χ4v) is 13.2. The van der Waals surface area contributed by atoms with Crippen LogP contribution in [0.5, 0.6) is 0 Å². The summed E-state index contributed by atoms with van der Waals surface area (Å²) in [6.45, 7) is 22.1. The van der Waals surface area contributed by atoms with Crippen LogP contribution in [0, 0.1) is 6.92 Å². The van der Waals surface area contributed by atoms with E-state index in [9.17, 15) is 0 Å². The van der Waals surface area contributed by atoms with Gasteiger partial charge in [0.2, 0.25) is 0 Å². The van der Waals surface area contributed by atoms with Crippen LogP contribution in [0.1, 0.15) is 131 Å². The molecular weight excluding hydrogens is 807 g/mol. The topological polar surface area (TPSA) is 3.24 Å². The van der Waals surface area contributed by atoms with Crippen molar-refractivity contribution in [2.75, 3.05) is 4.90 Å². The van der Waals surface area contributed by atoms with Crippen LogP contribution in [0.3, 0.4) is 0 Å². The van der Waals surface area contributed by atoms with Crippen LogP contribution in [0.2, 0.25) is 0 Å². The molecule has 4 aliphatic carbocycles. The summed E-state index contributed by atoms with van der Waals surface area (Å²) in [4.78, 5) is 2.71. The number of hydrogen-bond donors (Lipinski definition) is 0. The lowest BCUT2D eigenvalue weighted by atomic mass is 9.62. The predicted molar refractivity (Wildman–Crippen MR) is 284 cm³/mol. The molecule has 0 aromatic heterocycles. The van der Waals surface area contributed by atoms with Gasteiger partial charge in [0.05, 0.1) is 16.8 Å². The molecule has 4 aliphatic rings. The first-order valence-corrected chi connectivity index (χ1v) is 24.9. The van der Waals surface area contributed by atoms with Crippen LogP contribution in [-0.2, 0) is 27.1 Å². The SMILES string of the molecule is Cc1ccc2c(c1N(c1ccc(-c3ccccc3)cc1)c1cc3c(cc1-c1ccc4c(c1)C(C)(C)CCC4(C)C)-c1ccccc1C31c3ccccc3-c3ccccc31)C(C)(C)CCC2(C)C. The van der Waals surface area contributed by atoms with Gasteiger partial charge in [-0.2, -0.15) is 0 Å². The Hall–Kier alpha value is -6.44. The van der Waals surface area contributed by atoms with E-state index in [1.807, 2.05) is 0 Å². The molecule has 12 rings (SSSR count). The van der Waals surface area contributed by atoms with Gasteiger partial charge in [-0.3, -0.25) is 0 Å². The van der Waals surface area contributed by atoms with E-state index in [0.29, 0.717) is 0 Å². The molecule has 0 saturated heterocycles. The Balaban J connectivity index is 1.23. The second kappa shape index (κ2) is 14.5.